The summed E-state index contributed by atoms with van der Waals surface area (Å²) >= 11 is 3.39. The van der Waals surface area contributed by atoms with Gasteiger partial charge in [0.05, 0.1) is 4.47 Å². The minimum atomic E-state index is -0.102. The largest absolute Gasteiger partial charge is 0.506 e. The summed E-state index contributed by atoms with van der Waals surface area (Å²) in [4.78, 5) is 0. The second-order valence-corrected chi connectivity index (χ2v) is 5.11. The molecule has 0 aromatic heterocycles. The molecule has 3 heteroatoms. The lowest BCUT2D eigenvalue weighted by Crippen LogP contribution is -2.13. The molecule has 1 unspecified atom stereocenters. The van der Waals surface area contributed by atoms with E-state index >= 15 is 0 Å². The first-order valence-electron chi connectivity index (χ1n) is 5.40. The molecule has 0 amide bonds. The number of benzene rings is 1. The summed E-state index contributed by atoms with van der Waals surface area (Å²) in [7, 11) is 0. The van der Waals surface area contributed by atoms with Gasteiger partial charge in [-0.25, -0.2) is 0 Å². The third-order valence-electron chi connectivity index (χ3n) is 3.07. The summed E-state index contributed by atoms with van der Waals surface area (Å²) in [5.74, 6) is 0.325. The highest BCUT2D eigenvalue weighted by Gasteiger charge is 2.20. The molecule has 0 fully saturated rings. The third-order valence-corrected chi connectivity index (χ3v) is 3.68. The Labute approximate surface area is 98.6 Å². The van der Waals surface area contributed by atoms with Gasteiger partial charge in [-0.1, -0.05) is 0 Å². The van der Waals surface area contributed by atoms with Crippen molar-refractivity contribution in [3.8, 4) is 5.75 Å². The van der Waals surface area contributed by atoms with Crippen molar-refractivity contribution in [3.63, 3.8) is 0 Å². The van der Waals surface area contributed by atoms with Crippen LogP contribution in [0.15, 0.2) is 10.5 Å². The van der Waals surface area contributed by atoms with Gasteiger partial charge in [0, 0.05) is 11.6 Å². The zero-order valence-electron chi connectivity index (χ0n) is 8.89. The smallest absolute Gasteiger partial charge is 0.134 e. The van der Waals surface area contributed by atoms with Gasteiger partial charge in [0.2, 0.25) is 0 Å². The Bertz CT molecular complexity index is 388. The molecular formula is C12H16BrNO. The highest BCUT2D eigenvalue weighted by atomic mass is 79.9. The summed E-state index contributed by atoms with van der Waals surface area (Å²) in [5.41, 5.74) is 9.48. The third kappa shape index (κ3) is 1.91. The Balaban J connectivity index is 2.63. The number of aromatic hydroxyl groups is 1. The monoisotopic (exact) mass is 269 g/mol. The molecule has 0 saturated carbocycles. The second-order valence-electron chi connectivity index (χ2n) is 4.25. The van der Waals surface area contributed by atoms with Gasteiger partial charge in [-0.3, -0.25) is 0 Å². The number of fused-ring (bicyclic) bond motifs is 1. The first-order chi connectivity index (χ1) is 7.11. The molecule has 1 aromatic rings. The molecule has 1 aliphatic carbocycles. The van der Waals surface area contributed by atoms with Gasteiger partial charge in [-0.2, -0.15) is 0 Å². The maximum Gasteiger partial charge on any atom is 0.134 e. The lowest BCUT2D eigenvalue weighted by atomic mass is 9.86. The van der Waals surface area contributed by atoms with Gasteiger partial charge in [-0.05, 0) is 65.7 Å². The molecule has 15 heavy (non-hydrogen) atoms. The van der Waals surface area contributed by atoms with Crippen LogP contribution in [0.1, 0.15) is 42.5 Å². The molecule has 1 aliphatic rings. The zero-order chi connectivity index (χ0) is 11.0. The van der Waals surface area contributed by atoms with E-state index in [1.54, 1.807) is 0 Å². The van der Waals surface area contributed by atoms with E-state index in [0.29, 0.717) is 5.75 Å². The van der Waals surface area contributed by atoms with E-state index in [4.69, 9.17) is 5.73 Å². The fourth-order valence-corrected chi connectivity index (χ4v) is 2.87. The Hall–Kier alpha value is -0.540. The van der Waals surface area contributed by atoms with Crippen LogP contribution in [-0.4, -0.2) is 5.11 Å². The SMILES string of the molecule is CC(N)c1c(O)c(Br)cc2c1CCCC2. The molecule has 0 radical (unpaired) electrons. The van der Waals surface area contributed by atoms with E-state index < -0.39 is 0 Å². The fraction of sp³-hybridized carbons (Fsp3) is 0.500. The number of phenols is 1. The quantitative estimate of drug-likeness (QED) is 0.823. The molecule has 1 atom stereocenters. The van der Waals surface area contributed by atoms with Crippen molar-refractivity contribution in [1.82, 2.24) is 0 Å². The van der Waals surface area contributed by atoms with Crippen molar-refractivity contribution in [2.45, 2.75) is 38.6 Å². The molecule has 1 aromatic carbocycles. The predicted molar refractivity (Wildman–Crippen MR) is 65.1 cm³/mol. The van der Waals surface area contributed by atoms with Crippen LogP contribution in [0.5, 0.6) is 5.75 Å². The summed E-state index contributed by atoms with van der Waals surface area (Å²) in [6.07, 6.45) is 4.59. The normalized spacial score (nSPS) is 17.3. The maximum absolute atomic E-state index is 10.00. The van der Waals surface area contributed by atoms with Crippen LogP contribution in [0.4, 0.5) is 0 Å². The van der Waals surface area contributed by atoms with Crippen LogP contribution in [0.25, 0.3) is 0 Å². The molecule has 82 valence electrons. The van der Waals surface area contributed by atoms with Crippen LogP contribution < -0.4 is 5.73 Å². The lowest BCUT2D eigenvalue weighted by molar-refractivity contribution is 0.456. The van der Waals surface area contributed by atoms with Crippen molar-refractivity contribution in [2.75, 3.05) is 0 Å². The Kier molecular flexibility index (Phi) is 3.03. The van der Waals surface area contributed by atoms with Crippen molar-refractivity contribution < 1.29 is 5.11 Å². The topological polar surface area (TPSA) is 46.2 Å². The van der Waals surface area contributed by atoms with E-state index in [2.05, 4.69) is 15.9 Å². The molecule has 0 saturated heterocycles. The predicted octanol–water partition coefficient (Wildman–Crippen LogP) is 3.05. The maximum atomic E-state index is 10.00. The van der Waals surface area contributed by atoms with Crippen molar-refractivity contribution in [3.05, 3.63) is 27.2 Å². The molecule has 2 nitrogen and oxygen atoms in total. The van der Waals surface area contributed by atoms with Crippen molar-refractivity contribution >= 4 is 15.9 Å². The van der Waals surface area contributed by atoms with Crippen molar-refractivity contribution in [2.24, 2.45) is 5.73 Å². The highest BCUT2D eigenvalue weighted by molar-refractivity contribution is 9.10. The van der Waals surface area contributed by atoms with Crippen LogP contribution in [0.3, 0.4) is 0 Å². The van der Waals surface area contributed by atoms with Gasteiger partial charge in [0.15, 0.2) is 0 Å². The van der Waals surface area contributed by atoms with Crippen LogP contribution in [-0.2, 0) is 12.8 Å². The molecule has 0 aliphatic heterocycles. The van der Waals surface area contributed by atoms with Crippen molar-refractivity contribution in [1.29, 1.82) is 0 Å². The Morgan fingerprint density at radius 3 is 2.73 bits per heavy atom. The van der Waals surface area contributed by atoms with Gasteiger partial charge in [0.25, 0.3) is 0 Å². The number of aryl methyl sites for hydroxylation is 1. The molecule has 2 rings (SSSR count). The van der Waals surface area contributed by atoms with Crippen LogP contribution in [0.2, 0.25) is 0 Å². The van der Waals surface area contributed by atoms with Gasteiger partial charge in [-0.15, -0.1) is 0 Å². The minimum absolute atomic E-state index is 0.102. The standard InChI is InChI=1S/C12H16BrNO/c1-7(14)11-9-5-3-2-4-8(9)6-10(13)12(11)15/h6-7,15H,2-5,14H2,1H3. The average Bonchev–Trinajstić information content (AvgIpc) is 2.19. The van der Waals surface area contributed by atoms with Crippen LogP contribution in [0, 0.1) is 0 Å². The Morgan fingerprint density at radius 2 is 2.07 bits per heavy atom. The van der Waals surface area contributed by atoms with Crippen LogP contribution >= 0.6 is 15.9 Å². The van der Waals surface area contributed by atoms with E-state index in [-0.39, 0.29) is 6.04 Å². The zero-order valence-corrected chi connectivity index (χ0v) is 10.5. The highest BCUT2D eigenvalue weighted by Crippen LogP contribution is 2.39. The summed E-state index contributed by atoms with van der Waals surface area (Å²) in [6.45, 7) is 1.93. The summed E-state index contributed by atoms with van der Waals surface area (Å²) in [6, 6.07) is 1.93. The first kappa shape index (κ1) is 11.0. The first-order valence-corrected chi connectivity index (χ1v) is 6.19. The van der Waals surface area contributed by atoms with E-state index in [1.807, 2.05) is 13.0 Å². The van der Waals surface area contributed by atoms with Gasteiger partial charge in [0.1, 0.15) is 5.75 Å². The lowest BCUT2D eigenvalue weighted by Gasteiger charge is -2.23. The van der Waals surface area contributed by atoms with E-state index in [0.717, 1.165) is 22.9 Å². The number of halogens is 1. The van der Waals surface area contributed by atoms with E-state index in [9.17, 15) is 5.11 Å². The number of nitrogens with two attached hydrogens (primary N) is 1. The molecular weight excluding hydrogens is 254 g/mol. The molecule has 0 heterocycles. The summed E-state index contributed by atoms with van der Waals surface area (Å²) < 4.78 is 0.774. The van der Waals surface area contributed by atoms with Gasteiger partial charge >= 0.3 is 0 Å². The minimum Gasteiger partial charge on any atom is -0.506 e. The van der Waals surface area contributed by atoms with Gasteiger partial charge < -0.3 is 10.8 Å². The van der Waals surface area contributed by atoms with E-state index in [1.165, 1.54) is 24.0 Å². The Morgan fingerprint density at radius 1 is 1.40 bits per heavy atom. The number of hydrogen-bond donors (Lipinski definition) is 2. The molecule has 0 spiro atoms. The summed E-state index contributed by atoms with van der Waals surface area (Å²) in [5, 5.41) is 10.00. The fourth-order valence-electron chi connectivity index (χ4n) is 2.38. The number of phenolic OH excluding ortho intramolecular Hbond substituents is 1. The molecule has 0 bridgehead atoms. The molecule has 3 N–H and O–H groups in total. The number of rotatable bonds is 1. The number of hydrogen-bond acceptors (Lipinski definition) is 2. The average molecular weight is 270 g/mol. The second kappa shape index (κ2) is 4.14.